The number of nitrogens with zero attached hydrogens (tertiary/aromatic N) is 2. The lowest BCUT2D eigenvalue weighted by Gasteiger charge is -2.17. The van der Waals surface area contributed by atoms with Crippen LogP contribution in [-0.4, -0.2) is 9.55 Å². The lowest BCUT2D eigenvalue weighted by Crippen LogP contribution is -2.12. The average molecular weight is 334 g/mol. The molecule has 0 fully saturated rings. The molecular weight excluding hydrogens is 308 g/mol. The Bertz CT molecular complexity index is 720. The molecule has 1 unspecified atom stereocenters. The van der Waals surface area contributed by atoms with E-state index in [0.717, 1.165) is 24.5 Å². The number of imidazole rings is 1. The summed E-state index contributed by atoms with van der Waals surface area (Å²) in [5.41, 5.74) is 1.36. The fourth-order valence-corrected chi connectivity index (χ4v) is 3.10. The first-order chi connectivity index (χ1) is 12.3. The van der Waals surface area contributed by atoms with E-state index in [9.17, 15) is 0 Å². The van der Waals surface area contributed by atoms with Crippen LogP contribution in [-0.2, 0) is 13.0 Å². The Kier molecular flexibility index (Phi) is 6.27. The van der Waals surface area contributed by atoms with Gasteiger partial charge in [-0.3, -0.25) is 0 Å². The van der Waals surface area contributed by atoms with Gasteiger partial charge in [-0.15, -0.1) is 0 Å². The largest absolute Gasteiger partial charge is 0.457 e. The first kappa shape index (κ1) is 17.3. The second-order valence-corrected chi connectivity index (χ2v) is 6.53. The van der Waals surface area contributed by atoms with Crippen molar-refractivity contribution in [1.29, 1.82) is 0 Å². The van der Waals surface area contributed by atoms with Crippen LogP contribution in [0.5, 0.6) is 11.5 Å². The number of rotatable bonds is 9. The zero-order chi connectivity index (χ0) is 17.3. The molecule has 3 nitrogen and oxygen atoms in total. The highest BCUT2D eigenvalue weighted by Crippen LogP contribution is 2.23. The van der Waals surface area contributed by atoms with Crippen molar-refractivity contribution in [2.45, 2.75) is 39.2 Å². The van der Waals surface area contributed by atoms with E-state index < -0.39 is 0 Å². The molecule has 0 aliphatic rings. The van der Waals surface area contributed by atoms with Crippen LogP contribution in [0, 0.1) is 5.92 Å². The zero-order valence-electron chi connectivity index (χ0n) is 14.8. The van der Waals surface area contributed by atoms with Crippen LogP contribution in [0.4, 0.5) is 0 Å². The first-order valence-electron chi connectivity index (χ1n) is 9.11. The molecule has 3 rings (SSSR count). The van der Waals surface area contributed by atoms with E-state index in [1.165, 1.54) is 24.8 Å². The summed E-state index contributed by atoms with van der Waals surface area (Å²) in [7, 11) is 0. The number of para-hydroxylation sites is 1. The van der Waals surface area contributed by atoms with Crippen LogP contribution in [0.2, 0.25) is 0 Å². The van der Waals surface area contributed by atoms with Gasteiger partial charge in [-0.25, -0.2) is 4.98 Å². The third-order valence-corrected chi connectivity index (χ3v) is 4.42. The molecule has 3 heteroatoms. The summed E-state index contributed by atoms with van der Waals surface area (Å²) < 4.78 is 8.06. The van der Waals surface area contributed by atoms with E-state index in [0.29, 0.717) is 5.92 Å². The fraction of sp³-hybridized carbons (Fsp3) is 0.318. The predicted molar refractivity (Wildman–Crippen MR) is 102 cm³/mol. The van der Waals surface area contributed by atoms with Crippen LogP contribution in [0.15, 0.2) is 73.3 Å². The minimum absolute atomic E-state index is 0.634. The lowest BCUT2D eigenvalue weighted by molar-refractivity contribution is 0.399. The Hall–Kier alpha value is -2.55. The summed E-state index contributed by atoms with van der Waals surface area (Å²) >= 11 is 0. The van der Waals surface area contributed by atoms with E-state index in [-0.39, 0.29) is 0 Å². The van der Waals surface area contributed by atoms with Crippen molar-refractivity contribution in [3.63, 3.8) is 0 Å². The van der Waals surface area contributed by atoms with Gasteiger partial charge in [0.1, 0.15) is 11.5 Å². The molecule has 0 aliphatic carbocycles. The van der Waals surface area contributed by atoms with Crippen molar-refractivity contribution in [3.05, 3.63) is 78.9 Å². The maximum Gasteiger partial charge on any atom is 0.127 e. The molecule has 0 N–H and O–H groups in total. The number of benzene rings is 2. The summed E-state index contributed by atoms with van der Waals surface area (Å²) in [5.74, 6) is 2.39. The standard InChI is InChI=1S/C22H26N2O/c1-2-3-7-20(17-24-15-14-23-18-24)16-19-10-12-22(13-11-19)25-21-8-5-4-6-9-21/h4-6,8-15,18,20H,2-3,7,16-17H2,1H3. The monoisotopic (exact) mass is 334 g/mol. The molecule has 0 radical (unpaired) electrons. The first-order valence-corrected chi connectivity index (χ1v) is 9.11. The zero-order valence-corrected chi connectivity index (χ0v) is 14.8. The second-order valence-electron chi connectivity index (χ2n) is 6.53. The highest BCUT2D eigenvalue weighted by atomic mass is 16.5. The van der Waals surface area contributed by atoms with Crippen LogP contribution in [0.3, 0.4) is 0 Å². The summed E-state index contributed by atoms with van der Waals surface area (Å²) in [6.45, 7) is 3.28. The Morgan fingerprint density at radius 2 is 1.76 bits per heavy atom. The molecule has 0 amide bonds. The fourth-order valence-electron chi connectivity index (χ4n) is 3.10. The molecule has 0 bridgehead atoms. The van der Waals surface area contributed by atoms with E-state index in [4.69, 9.17) is 4.74 Å². The van der Waals surface area contributed by atoms with Crippen LogP contribution >= 0.6 is 0 Å². The normalized spacial score (nSPS) is 12.0. The molecular formula is C22H26N2O. The van der Waals surface area contributed by atoms with E-state index >= 15 is 0 Å². The highest BCUT2D eigenvalue weighted by Gasteiger charge is 2.11. The molecule has 3 aromatic rings. The molecule has 0 aliphatic heterocycles. The van der Waals surface area contributed by atoms with E-state index in [2.05, 4.69) is 46.9 Å². The van der Waals surface area contributed by atoms with Gasteiger partial charge < -0.3 is 9.30 Å². The molecule has 1 atom stereocenters. The minimum atomic E-state index is 0.634. The number of ether oxygens (including phenoxy) is 1. The Balaban J connectivity index is 1.61. The van der Waals surface area contributed by atoms with Gasteiger partial charge in [-0.1, -0.05) is 50.1 Å². The molecule has 2 aromatic carbocycles. The van der Waals surface area contributed by atoms with Gasteiger partial charge in [0.25, 0.3) is 0 Å². The van der Waals surface area contributed by atoms with Gasteiger partial charge in [0, 0.05) is 18.9 Å². The number of hydrogen-bond donors (Lipinski definition) is 0. The second kappa shape index (κ2) is 9.07. The molecule has 130 valence electrons. The maximum absolute atomic E-state index is 5.88. The van der Waals surface area contributed by atoms with Crippen LogP contribution < -0.4 is 4.74 Å². The minimum Gasteiger partial charge on any atom is -0.457 e. The Morgan fingerprint density at radius 3 is 2.44 bits per heavy atom. The number of hydrogen-bond acceptors (Lipinski definition) is 2. The van der Waals surface area contributed by atoms with Crippen molar-refractivity contribution in [2.24, 2.45) is 5.92 Å². The highest BCUT2D eigenvalue weighted by molar-refractivity contribution is 5.33. The van der Waals surface area contributed by atoms with Gasteiger partial charge >= 0.3 is 0 Å². The quantitative estimate of drug-likeness (QED) is 0.500. The lowest BCUT2D eigenvalue weighted by atomic mass is 9.94. The summed E-state index contributed by atoms with van der Waals surface area (Å²) in [6.07, 6.45) is 10.7. The topological polar surface area (TPSA) is 27.1 Å². The van der Waals surface area contributed by atoms with Gasteiger partial charge in [0.05, 0.1) is 6.33 Å². The molecule has 0 spiro atoms. The molecule has 25 heavy (non-hydrogen) atoms. The number of aromatic nitrogens is 2. The van der Waals surface area contributed by atoms with E-state index in [1.807, 2.05) is 42.9 Å². The molecule has 0 saturated heterocycles. The molecule has 1 aromatic heterocycles. The van der Waals surface area contributed by atoms with Gasteiger partial charge in [-0.05, 0) is 48.6 Å². The van der Waals surface area contributed by atoms with Crippen molar-refractivity contribution >= 4 is 0 Å². The van der Waals surface area contributed by atoms with E-state index in [1.54, 1.807) is 0 Å². The van der Waals surface area contributed by atoms with Crippen LogP contribution in [0.25, 0.3) is 0 Å². The third kappa shape index (κ3) is 5.49. The van der Waals surface area contributed by atoms with Crippen molar-refractivity contribution < 1.29 is 4.74 Å². The molecule has 0 saturated carbocycles. The van der Waals surface area contributed by atoms with Gasteiger partial charge in [0.15, 0.2) is 0 Å². The van der Waals surface area contributed by atoms with Gasteiger partial charge in [-0.2, -0.15) is 0 Å². The SMILES string of the molecule is CCCCC(Cc1ccc(Oc2ccccc2)cc1)Cn1ccnc1. The summed E-state index contributed by atoms with van der Waals surface area (Å²) in [4.78, 5) is 4.16. The van der Waals surface area contributed by atoms with Crippen molar-refractivity contribution in [1.82, 2.24) is 9.55 Å². The Morgan fingerprint density at radius 1 is 1.00 bits per heavy atom. The number of unbranched alkanes of at least 4 members (excludes halogenated alkanes) is 1. The van der Waals surface area contributed by atoms with Gasteiger partial charge in [0.2, 0.25) is 0 Å². The molecule has 1 heterocycles. The Labute approximate surface area is 150 Å². The summed E-state index contributed by atoms with van der Waals surface area (Å²) in [5, 5.41) is 0. The summed E-state index contributed by atoms with van der Waals surface area (Å²) in [6, 6.07) is 18.4. The third-order valence-electron chi connectivity index (χ3n) is 4.42. The smallest absolute Gasteiger partial charge is 0.127 e. The predicted octanol–water partition coefficient (Wildman–Crippen LogP) is 5.72. The average Bonchev–Trinajstić information content (AvgIpc) is 3.15. The van der Waals surface area contributed by atoms with Crippen molar-refractivity contribution in [3.8, 4) is 11.5 Å². The van der Waals surface area contributed by atoms with Crippen LogP contribution in [0.1, 0.15) is 31.7 Å². The maximum atomic E-state index is 5.88. The van der Waals surface area contributed by atoms with Crippen molar-refractivity contribution in [2.75, 3.05) is 0 Å².